The first kappa shape index (κ1) is 22.0. The molecule has 166 valence electrons. The molecule has 3 aromatic carbocycles. The molecule has 0 bridgehead atoms. The average molecular weight is 441 g/mol. The standard InChI is InChI=1S/C26H24N4O3/c1-17-10-9-11-18(2)23(17)27-22(31)16-29(3)26(33)24-20-14-7-8-15-21(20)25(32)30(28-24)19-12-5-4-6-13-19/h4-15H,16H2,1-3H3,(H,27,31). The van der Waals surface area contributed by atoms with E-state index >= 15 is 0 Å². The Hall–Kier alpha value is -4.26. The zero-order chi connectivity index (χ0) is 23.5. The maximum atomic E-state index is 13.3. The third-order valence-corrected chi connectivity index (χ3v) is 5.48. The monoisotopic (exact) mass is 440 g/mol. The van der Waals surface area contributed by atoms with Gasteiger partial charge in [0.2, 0.25) is 5.91 Å². The quantitative estimate of drug-likeness (QED) is 0.513. The number of benzene rings is 3. The van der Waals surface area contributed by atoms with Crippen LogP contribution in [-0.2, 0) is 4.79 Å². The summed E-state index contributed by atoms with van der Waals surface area (Å²) in [5.41, 5.74) is 2.97. The van der Waals surface area contributed by atoms with Gasteiger partial charge in [-0.1, -0.05) is 54.6 Å². The van der Waals surface area contributed by atoms with Crippen LogP contribution in [0.25, 0.3) is 16.5 Å². The molecule has 0 radical (unpaired) electrons. The van der Waals surface area contributed by atoms with Crippen LogP contribution in [0.5, 0.6) is 0 Å². The molecule has 1 heterocycles. The number of carbonyl (C=O) groups excluding carboxylic acids is 2. The molecule has 0 saturated heterocycles. The minimum atomic E-state index is -0.451. The Bertz CT molecular complexity index is 1390. The minimum Gasteiger partial charge on any atom is -0.331 e. The molecule has 7 nitrogen and oxygen atoms in total. The molecule has 0 spiro atoms. The highest BCUT2D eigenvalue weighted by Crippen LogP contribution is 2.20. The van der Waals surface area contributed by atoms with Gasteiger partial charge in [0, 0.05) is 18.1 Å². The summed E-state index contributed by atoms with van der Waals surface area (Å²) in [6.45, 7) is 3.67. The first-order valence-electron chi connectivity index (χ1n) is 10.6. The summed E-state index contributed by atoms with van der Waals surface area (Å²) in [4.78, 5) is 40.4. The number of nitrogens with zero attached hydrogens (tertiary/aromatic N) is 3. The lowest BCUT2D eigenvalue weighted by Gasteiger charge is -2.19. The van der Waals surface area contributed by atoms with Gasteiger partial charge in [-0.25, -0.2) is 0 Å². The number of aryl methyl sites for hydroxylation is 2. The second-order valence-corrected chi connectivity index (χ2v) is 7.92. The fraction of sp³-hybridized carbons (Fsp3) is 0.154. The van der Waals surface area contributed by atoms with Gasteiger partial charge >= 0.3 is 0 Å². The van der Waals surface area contributed by atoms with Crippen molar-refractivity contribution < 1.29 is 9.59 Å². The van der Waals surface area contributed by atoms with Crippen molar-refractivity contribution in [2.75, 3.05) is 18.9 Å². The molecule has 0 saturated carbocycles. The molecule has 2 amide bonds. The number of anilines is 1. The Morgan fingerprint density at radius 3 is 2.15 bits per heavy atom. The van der Waals surface area contributed by atoms with E-state index in [0.717, 1.165) is 16.8 Å². The van der Waals surface area contributed by atoms with Gasteiger partial charge in [-0.2, -0.15) is 9.78 Å². The average Bonchev–Trinajstić information content (AvgIpc) is 2.82. The van der Waals surface area contributed by atoms with Crippen LogP contribution >= 0.6 is 0 Å². The molecular formula is C26H24N4O3. The lowest BCUT2D eigenvalue weighted by molar-refractivity contribution is -0.116. The van der Waals surface area contributed by atoms with Crippen LogP contribution in [0.3, 0.4) is 0 Å². The van der Waals surface area contributed by atoms with Gasteiger partial charge < -0.3 is 10.2 Å². The minimum absolute atomic E-state index is 0.108. The number of rotatable bonds is 5. The Morgan fingerprint density at radius 2 is 1.48 bits per heavy atom. The molecular weight excluding hydrogens is 416 g/mol. The zero-order valence-electron chi connectivity index (χ0n) is 18.7. The summed E-state index contributed by atoms with van der Waals surface area (Å²) in [6.07, 6.45) is 0. The fourth-order valence-corrected chi connectivity index (χ4v) is 3.75. The molecule has 0 aliphatic heterocycles. The molecule has 33 heavy (non-hydrogen) atoms. The van der Waals surface area contributed by atoms with Crippen molar-refractivity contribution >= 4 is 28.3 Å². The van der Waals surface area contributed by atoms with Gasteiger partial charge in [0.15, 0.2) is 5.69 Å². The van der Waals surface area contributed by atoms with E-state index in [2.05, 4.69) is 10.4 Å². The molecule has 7 heteroatoms. The van der Waals surface area contributed by atoms with Crippen molar-refractivity contribution in [1.82, 2.24) is 14.7 Å². The molecule has 0 aliphatic carbocycles. The first-order chi connectivity index (χ1) is 15.9. The van der Waals surface area contributed by atoms with Gasteiger partial charge in [-0.3, -0.25) is 14.4 Å². The summed E-state index contributed by atoms with van der Waals surface area (Å²) in [5, 5.41) is 8.11. The molecule has 0 fully saturated rings. The van der Waals surface area contributed by atoms with Crippen LogP contribution in [0.4, 0.5) is 5.69 Å². The summed E-state index contributed by atoms with van der Waals surface area (Å²) in [6, 6.07) is 21.5. The predicted molar refractivity (Wildman–Crippen MR) is 129 cm³/mol. The van der Waals surface area contributed by atoms with E-state index in [1.165, 1.54) is 9.58 Å². The van der Waals surface area contributed by atoms with Crippen molar-refractivity contribution in [3.8, 4) is 5.69 Å². The Labute approximate surface area is 191 Å². The smallest absolute Gasteiger partial charge is 0.279 e. The van der Waals surface area contributed by atoms with Crippen molar-refractivity contribution in [2.45, 2.75) is 13.8 Å². The second-order valence-electron chi connectivity index (χ2n) is 7.92. The topological polar surface area (TPSA) is 84.3 Å². The summed E-state index contributed by atoms with van der Waals surface area (Å²) in [5.74, 6) is -0.767. The van der Waals surface area contributed by atoms with Gasteiger partial charge in [0.25, 0.3) is 11.5 Å². The van der Waals surface area contributed by atoms with E-state index in [9.17, 15) is 14.4 Å². The van der Waals surface area contributed by atoms with Gasteiger partial charge in [-0.05, 0) is 43.2 Å². The van der Waals surface area contributed by atoms with E-state index in [-0.39, 0.29) is 23.7 Å². The normalized spacial score (nSPS) is 10.8. The number of amides is 2. The van der Waals surface area contributed by atoms with E-state index < -0.39 is 5.91 Å². The Morgan fingerprint density at radius 1 is 0.879 bits per heavy atom. The van der Waals surface area contributed by atoms with Crippen LogP contribution in [0.1, 0.15) is 21.6 Å². The number of nitrogens with one attached hydrogen (secondary N) is 1. The lowest BCUT2D eigenvalue weighted by atomic mass is 10.1. The highest BCUT2D eigenvalue weighted by molar-refractivity contribution is 6.06. The van der Waals surface area contributed by atoms with Crippen LogP contribution in [-0.4, -0.2) is 40.1 Å². The van der Waals surface area contributed by atoms with Crippen molar-refractivity contribution in [3.63, 3.8) is 0 Å². The summed E-state index contributed by atoms with van der Waals surface area (Å²) in [7, 11) is 1.54. The largest absolute Gasteiger partial charge is 0.331 e. The molecule has 0 atom stereocenters. The lowest BCUT2D eigenvalue weighted by Crippen LogP contribution is -2.37. The predicted octanol–water partition coefficient (Wildman–Crippen LogP) is 3.71. The number of fused-ring (bicyclic) bond motifs is 1. The van der Waals surface area contributed by atoms with E-state index in [1.807, 2.05) is 38.1 Å². The molecule has 1 aromatic heterocycles. The summed E-state index contributed by atoms with van der Waals surface area (Å²) >= 11 is 0. The maximum absolute atomic E-state index is 13.3. The molecule has 4 rings (SSSR count). The summed E-state index contributed by atoms with van der Waals surface area (Å²) < 4.78 is 1.22. The second kappa shape index (κ2) is 9.08. The van der Waals surface area contributed by atoms with E-state index in [0.29, 0.717) is 16.5 Å². The number of likely N-dealkylation sites (N-methyl/N-ethyl adjacent to an activating group) is 1. The fourth-order valence-electron chi connectivity index (χ4n) is 3.75. The van der Waals surface area contributed by atoms with Crippen LogP contribution in [0.15, 0.2) is 77.6 Å². The van der Waals surface area contributed by atoms with Crippen LogP contribution in [0, 0.1) is 13.8 Å². The number of aromatic nitrogens is 2. The van der Waals surface area contributed by atoms with Crippen molar-refractivity contribution in [3.05, 3.63) is 100.0 Å². The first-order valence-corrected chi connectivity index (χ1v) is 10.6. The number of hydrogen-bond donors (Lipinski definition) is 1. The van der Waals surface area contributed by atoms with Gasteiger partial charge in [-0.15, -0.1) is 0 Å². The van der Waals surface area contributed by atoms with Crippen molar-refractivity contribution in [2.24, 2.45) is 0 Å². The van der Waals surface area contributed by atoms with E-state index in [1.54, 1.807) is 55.6 Å². The zero-order valence-corrected chi connectivity index (χ0v) is 18.7. The van der Waals surface area contributed by atoms with Gasteiger partial charge in [0.05, 0.1) is 17.6 Å². The van der Waals surface area contributed by atoms with E-state index in [4.69, 9.17) is 0 Å². The third-order valence-electron chi connectivity index (χ3n) is 5.48. The highest BCUT2D eigenvalue weighted by Gasteiger charge is 2.22. The SMILES string of the molecule is Cc1cccc(C)c1NC(=O)CN(C)C(=O)c1nn(-c2ccccc2)c(=O)c2ccccc12. The highest BCUT2D eigenvalue weighted by atomic mass is 16.2. The molecule has 0 unspecified atom stereocenters. The Kier molecular flexibility index (Phi) is 6.04. The number of hydrogen-bond acceptors (Lipinski definition) is 4. The molecule has 1 N–H and O–H groups in total. The number of para-hydroxylation sites is 2. The van der Waals surface area contributed by atoms with Crippen LogP contribution < -0.4 is 10.9 Å². The van der Waals surface area contributed by atoms with Crippen LogP contribution in [0.2, 0.25) is 0 Å². The third kappa shape index (κ3) is 4.39. The Balaban J connectivity index is 1.67. The van der Waals surface area contributed by atoms with Gasteiger partial charge in [0.1, 0.15) is 0 Å². The maximum Gasteiger partial charge on any atom is 0.279 e. The molecule has 4 aromatic rings. The number of carbonyl (C=O) groups is 2. The molecule has 0 aliphatic rings. The van der Waals surface area contributed by atoms with Crippen molar-refractivity contribution in [1.29, 1.82) is 0 Å².